The molecule has 1 atom stereocenters. The zero-order valence-corrected chi connectivity index (χ0v) is 13.7. The molecule has 0 aromatic rings. The van der Waals surface area contributed by atoms with Crippen molar-refractivity contribution in [2.45, 2.75) is 97.0 Å². The molecule has 0 rings (SSSR count). The van der Waals surface area contributed by atoms with Crippen molar-refractivity contribution in [3.05, 3.63) is 0 Å². The summed E-state index contributed by atoms with van der Waals surface area (Å²) in [7, 11) is 0. The molecule has 0 heterocycles. The number of hydrogen-bond acceptors (Lipinski definition) is 4. The van der Waals surface area contributed by atoms with Crippen molar-refractivity contribution in [2.24, 2.45) is 0 Å². The summed E-state index contributed by atoms with van der Waals surface area (Å²) in [6, 6.07) is 0. The molecule has 4 heteroatoms. The second kappa shape index (κ2) is 14.1. The van der Waals surface area contributed by atoms with E-state index in [9.17, 15) is 14.7 Å². The minimum Gasteiger partial charge on any atom is -0.393 e. The molecule has 0 saturated carbocycles. The van der Waals surface area contributed by atoms with Crippen LogP contribution in [-0.4, -0.2) is 23.1 Å². The standard InChI is InChI=1S/C17H32O4/c1-3-5-7-9-11-13-16(19)21-17(20)14-15(18)12-10-8-6-4-2/h15,18H,3-14H2,1-2H3. The van der Waals surface area contributed by atoms with Gasteiger partial charge in [0.25, 0.3) is 0 Å². The van der Waals surface area contributed by atoms with Crippen molar-refractivity contribution < 1.29 is 19.4 Å². The maximum atomic E-state index is 11.5. The molecule has 0 bridgehead atoms. The average molecular weight is 300 g/mol. The molecule has 0 aliphatic carbocycles. The van der Waals surface area contributed by atoms with Gasteiger partial charge in [-0.05, 0) is 12.8 Å². The number of aliphatic hydroxyl groups excluding tert-OH is 1. The van der Waals surface area contributed by atoms with E-state index in [-0.39, 0.29) is 6.42 Å². The van der Waals surface area contributed by atoms with E-state index in [1.54, 1.807) is 0 Å². The Morgan fingerprint density at radius 2 is 1.43 bits per heavy atom. The van der Waals surface area contributed by atoms with Crippen LogP contribution >= 0.6 is 0 Å². The lowest BCUT2D eigenvalue weighted by molar-refractivity contribution is -0.161. The van der Waals surface area contributed by atoms with Crippen molar-refractivity contribution in [1.29, 1.82) is 0 Å². The number of rotatable bonds is 13. The highest BCUT2D eigenvalue weighted by molar-refractivity contribution is 5.85. The van der Waals surface area contributed by atoms with Crippen LogP contribution in [0.5, 0.6) is 0 Å². The Labute approximate surface area is 129 Å². The summed E-state index contributed by atoms with van der Waals surface area (Å²) in [6.45, 7) is 4.27. The average Bonchev–Trinajstić information content (AvgIpc) is 2.43. The molecule has 21 heavy (non-hydrogen) atoms. The van der Waals surface area contributed by atoms with Gasteiger partial charge >= 0.3 is 11.9 Å². The molecular weight excluding hydrogens is 268 g/mol. The van der Waals surface area contributed by atoms with Crippen molar-refractivity contribution in [3.8, 4) is 0 Å². The molecular formula is C17H32O4. The van der Waals surface area contributed by atoms with Crippen LogP contribution in [0.15, 0.2) is 0 Å². The van der Waals surface area contributed by atoms with Gasteiger partial charge in [-0.3, -0.25) is 9.59 Å². The summed E-state index contributed by atoms with van der Waals surface area (Å²) in [4.78, 5) is 22.9. The molecule has 1 N–H and O–H groups in total. The van der Waals surface area contributed by atoms with Gasteiger partial charge in [-0.1, -0.05) is 65.2 Å². The smallest absolute Gasteiger partial charge is 0.316 e. The van der Waals surface area contributed by atoms with E-state index in [0.29, 0.717) is 12.8 Å². The Hall–Kier alpha value is -0.900. The van der Waals surface area contributed by atoms with Crippen LogP contribution in [0.4, 0.5) is 0 Å². The Morgan fingerprint density at radius 1 is 0.857 bits per heavy atom. The number of ether oxygens (including phenoxy) is 1. The van der Waals surface area contributed by atoms with Crippen molar-refractivity contribution in [3.63, 3.8) is 0 Å². The van der Waals surface area contributed by atoms with Gasteiger partial charge in [-0.25, -0.2) is 0 Å². The molecule has 0 aliphatic heterocycles. The van der Waals surface area contributed by atoms with Crippen LogP contribution in [0.2, 0.25) is 0 Å². The maximum Gasteiger partial charge on any atom is 0.316 e. The summed E-state index contributed by atoms with van der Waals surface area (Å²) in [6.07, 6.45) is 9.63. The molecule has 0 aliphatic rings. The highest BCUT2D eigenvalue weighted by Gasteiger charge is 2.15. The summed E-state index contributed by atoms with van der Waals surface area (Å²) in [5.41, 5.74) is 0. The Kier molecular flexibility index (Phi) is 13.5. The zero-order chi connectivity index (χ0) is 15.9. The number of hydrogen-bond donors (Lipinski definition) is 1. The van der Waals surface area contributed by atoms with Gasteiger partial charge in [0.1, 0.15) is 0 Å². The zero-order valence-electron chi connectivity index (χ0n) is 13.7. The normalized spacial score (nSPS) is 12.1. The predicted octanol–water partition coefficient (Wildman–Crippen LogP) is 4.14. The first-order valence-electron chi connectivity index (χ1n) is 8.51. The van der Waals surface area contributed by atoms with Crippen LogP contribution in [0.3, 0.4) is 0 Å². The second-order valence-corrected chi connectivity index (χ2v) is 5.72. The number of unbranched alkanes of at least 4 members (excludes halogenated alkanes) is 7. The second-order valence-electron chi connectivity index (χ2n) is 5.72. The monoisotopic (exact) mass is 300 g/mol. The first-order valence-corrected chi connectivity index (χ1v) is 8.51. The fourth-order valence-electron chi connectivity index (χ4n) is 2.19. The highest BCUT2D eigenvalue weighted by atomic mass is 16.6. The first kappa shape index (κ1) is 20.1. The summed E-state index contributed by atoms with van der Waals surface area (Å²) >= 11 is 0. The number of esters is 2. The molecule has 1 unspecified atom stereocenters. The molecule has 0 aromatic heterocycles. The summed E-state index contributed by atoms with van der Waals surface area (Å²) in [5.74, 6) is -1.06. The predicted molar refractivity (Wildman–Crippen MR) is 83.9 cm³/mol. The van der Waals surface area contributed by atoms with E-state index in [0.717, 1.165) is 44.9 Å². The molecule has 0 saturated heterocycles. The summed E-state index contributed by atoms with van der Waals surface area (Å²) < 4.78 is 4.72. The van der Waals surface area contributed by atoms with Gasteiger partial charge in [0, 0.05) is 6.42 Å². The lowest BCUT2D eigenvalue weighted by Crippen LogP contribution is -2.18. The van der Waals surface area contributed by atoms with Crippen LogP contribution in [-0.2, 0) is 14.3 Å². The molecule has 0 amide bonds. The number of carbonyl (C=O) groups is 2. The van der Waals surface area contributed by atoms with Crippen LogP contribution < -0.4 is 0 Å². The van der Waals surface area contributed by atoms with Crippen molar-refractivity contribution in [2.75, 3.05) is 0 Å². The van der Waals surface area contributed by atoms with Gasteiger partial charge in [0.2, 0.25) is 0 Å². The molecule has 124 valence electrons. The number of carbonyl (C=O) groups excluding carboxylic acids is 2. The van der Waals surface area contributed by atoms with Gasteiger partial charge in [0.05, 0.1) is 12.5 Å². The minimum absolute atomic E-state index is 0.0757. The fourth-order valence-corrected chi connectivity index (χ4v) is 2.19. The SMILES string of the molecule is CCCCCCCC(=O)OC(=O)CC(O)CCCCCC. The van der Waals surface area contributed by atoms with Gasteiger partial charge in [-0.2, -0.15) is 0 Å². The van der Waals surface area contributed by atoms with E-state index in [4.69, 9.17) is 4.74 Å². The topological polar surface area (TPSA) is 63.6 Å². The third-order valence-corrected chi connectivity index (χ3v) is 3.51. The Balaban J connectivity index is 3.60. The van der Waals surface area contributed by atoms with E-state index in [1.165, 1.54) is 12.8 Å². The molecule has 0 radical (unpaired) electrons. The Morgan fingerprint density at radius 3 is 2.05 bits per heavy atom. The van der Waals surface area contributed by atoms with E-state index in [2.05, 4.69) is 13.8 Å². The fraction of sp³-hybridized carbons (Fsp3) is 0.882. The quantitative estimate of drug-likeness (QED) is 0.315. The maximum absolute atomic E-state index is 11.5. The van der Waals surface area contributed by atoms with Crippen LogP contribution in [0.25, 0.3) is 0 Å². The highest BCUT2D eigenvalue weighted by Crippen LogP contribution is 2.10. The van der Waals surface area contributed by atoms with Crippen molar-refractivity contribution in [1.82, 2.24) is 0 Å². The van der Waals surface area contributed by atoms with Crippen LogP contribution in [0, 0.1) is 0 Å². The third kappa shape index (κ3) is 13.8. The third-order valence-electron chi connectivity index (χ3n) is 3.51. The lowest BCUT2D eigenvalue weighted by atomic mass is 10.1. The van der Waals surface area contributed by atoms with Gasteiger partial charge < -0.3 is 9.84 Å². The van der Waals surface area contributed by atoms with Crippen molar-refractivity contribution >= 4 is 11.9 Å². The lowest BCUT2D eigenvalue weighted by Gasteiger charge is -2.09. The Bertz CT molecular complexity index is 276. The largest absolute Gasteiger partial charge is 0.393 e. The molecule has 4 nitrogen and oxygen atoms in total. The van der Waals surface area contributed by atoms with Crippen LogP contribution in [0.1, 0.15) is 90.9 Å². The summed E-state index contributed by atoms with van der Waals surface area (Å²) in [5, 5.41) is 9.69. The molecule has 0 fully saturated rings. The minimum atomic E-state index is -0.688. The first-order chi connectivity index (χ1) is 10.1. The molecule has 0 aromatic carbocycles. The number of aliphatic hydroxyl groups is 1. The van der Waals surface area contributed by atoms with Gasteiger partial charge in [0.15, 0.2) is 0 Å². The molecule has 0 spiro atoms. The van der Waals surface area contributed by atoms with Gasteiger partial charge in [-0.15, -0.1) is 0 Å². The van der Waals surface area contributed by atoms with E-state index < -0.39 is 18.0 Å². The van der Waals surface area contributed by atoms with E-state index in [1.807, 2.05) is 0 Å². The van der Waals surface area contributed by atoms with E-state index >= 15 is 0 Å².